The van der Waals surface area contributed by atoms with E-state index in [1.54, 1.807) is 13.3 Å². The van der Waals surface area contributed by atoms with Crippen molar-refractivity contribution in [1.29, 1.82) is 0 Å². The minimum atomic E-state index is -0.0679. The normalized spacial score (nSPS) is 11.8. The molecule has 0 aliphatic carbocycles. The van der Waals surface area contributed by atoms with Gasteiger partial charge in [-0.25, -0.2) is 4.98 Å². The van der Waals surface area contributed by atoms with Gasteiger partial charge in [0.1, 0.15) is 0 Å². The summed E-state index contributed by atoms with van der Waals surface area (Å²) in [4.78, 5) is 15.2. The monoisotopic (exact) mass is 299 g/mol. The van der Waals surface area contributed by atoms with Gasteiger partial charge in [-0.2, -0.15) is 0 Å². The topological polar surface area (TPSA) is 63.2 Å². The SMILES string of the molecule is COc1cc(CNC(C)c2cccc(NC(C)=O)c2)ccn1. The van der Waals surface area contributed by atoms with Gasteiger partial charge in [0.05, 0.1) is 7.11 Å². The predicted octanol–water partition coefficient (Wildman–Crippen LogP) is 2.90. The van der Waals surface area contributed by atoms with Crippen LogP contribution in [-0.4, -0.2) is 18.0 Å². The highest BCUT2D eigenvalue weighted by atomic mass is 16.5. The lowest BCUT2D eigenvalue weighted by Crippen LogP contribution is -2.18. The average molecular weight is 299 g/mol. The van der Waals surface area contributed by atoms with Crippen LogP contribution in [0.4, 0.5) is 5.69 Å². The molecule has 5 nitrogen and oxygen atoms in total. The molecule has 1 unspecified atom stereocenters. The second-order valence-corrected chi connectivity index (χ2v) is 5.12. The molecule has 1 amide bonds. The van der Waals surface area contributed by atoms with E-state index in [0.717, 1.165) is 16.8 Å². The largest absolute Gasteiger partial charge is 0.481 e. The molecule has 5 heteroatoms. The highest BCUT2D eigenvalue weighted by molar-refractivity contribution is 5.88. The van der Waals surface area contributed by atoms with Crippen molar-refractivity contribution in [1.82, 2.24) is 10.3 Å². The van der Waals surface area contributed by atoms with Crippen LogP contribution in [0.1, 0.15) is 31.0 Å². The van der Waals surface area contributed by atoms with Crippen LogP contribution in [0.5, 0.6) is 5.88 Å². The summed E-state index contributed by atoms with van der Waals surface area (Å²) in [6.45, 7) is 4.31. The number of aromatic nitrogens is 1. The number of carbonyl (C=O) groups is 1. The van der Waals surface area contributed by atoms with Crippen molar-refractivity contribution < 1.29 is 9.53 Å². The molecule has 0 aliphatic heterocycles. The van der Waals surface area contributed by atoms with E-state index in [4.69, 9.17) is 4.74 Å². The van der Waals surface area contributed by atoms with Crippen LogP contribution in [0.2, 0.25) is 0 Å². The van der Waals surface area contributed by atoms with Crippen LogP contribution in [0.15, 0.2) is 42.6 Å². The van der Waals surface area contributed by atoms with Crippen molar-refractivity contribution in [2.45, 2.75) is 26.4 Å². The summed E-state index contributed by atoms with van der Waals surface area (Å²) in [5, 5.41) is 6.25. The number of hydrogen-bond donors (Lipinski definition) is 2. The molecule has 1 heterocycles. The number of benzene rings is 1. The standard InChI is InChI=1S/C17H21N3O2/c1-12(15-5-4-6-16(10-15)20-13(2)21)19-11-14-7-8-18-17(9-14)22-3/h4-10,12,19H,11H2,1-3H3,(H,20,21). The number of carbonyl (C=O) groups excluding carboxylic acids is 1. The van der Waals surface area contributed by atoms with E-state index in [-0.39, 0.29) is 11.9 Å². The number of hydrogen-bond acceptors (Lipinski definition) is 4. The molecule has 0 radical (unpaired) electrons. The molecule has 0 spiro atoms. The predicted molar refractivity (Wildman–Crippen MR) is 86.8 cm³/mol. The van der Waals surface area contributed by atoms with Crippen LogP contribution in [0.25, 0.3) is 0 Å². The van der Waals surface area contributed by atoms with Gasteiger partial charge in [0.25, 0.3) is 0 Å². The fraction of sp³-hybridized carbons (Fsp3) is 0.294. The van der Waals surface area contributed by atoms with Gasteiger partial charge >= 0.3 is 0 Å². The van der Waals surface area contributed by atoms with E-state index < -0.39 is 0 Å². The Morgan fingerprint density at radius 2 is 2.14 bits per heavy atom. The Labute approximate surface area is 130 Å². The molecule has 1 atom stereocenters. The van der Waals surface area contributed by atoms with E-state index in [1.165, 1.54) is 6.92 Å². The zero-order chi connectivity index (χ0) is 15.9. The number of ether oxygens (including phenoxy) is 1. The first kappa shape index (κ1) is 16.0. The summed E-state index contributed by atoms with van der Waals surface area (Å²) in [7, 11) is 1.61. The van der Waals surface area contributed by atoms with Gasteiger partial charge < -0.3 is 15.4 Å². The number of nitrogens with one attached hydrogen (secondary N) is 2. The van der Waals surface area contributed by atoms with Gasteiger partial charge in [-0.15, -0.1) is 0 Å². The summed E-state index contributed by atoms with van der Waals surface area (Å²) >= 11 is 0. The molecular weight excluding hydrogens is 278 g/mol. The van der Waals surface area contributed by atoms with E-state index in [1.807, 2.05) is 36.4 Å². The molecule has 2 rings (SSSR count). The van der Waals surface area contributed by atoms with Crippen LogP contribution < -0.4 is 15.4 Å². The Morgan fingerprint density at radius 3 is 2.86 bits per heavy atom. The molecular formula is C17H21N3O2. The highest BCUT2D eigenvalue weighted by Crippen LogP contribution is 2.18. The second-order valence-electron chi connectivity index (χ2n) is 5.12. The fourth-order valence-electron chi connectivity index (χ4n) is 2.15. The average Bonchev–Trinajstić information content (AvgIpc) is 2.52. The summed E-state index contributed by atoms with van der Waals surface area (Å²) < 4.78 is 5.12. The molecule has 1 aromatic heterocycles. The first-order valence-electron chi connectivity index (χ1n) is 7.18. The quantitative estimate of drug-likeness (QED) is 0.861. The number of rotatable bonds is 6. The third kappa shape index (κ3) is 4.56. The van der Waals surface area contributed by atoms with Crippen molar-refractivity contribution >= 4 is 11.6 Å². The molecule has 0 saturated carbocycles. The lowest BCUT2D eigenvalue weighted by atomic mass is 10.1. The fourth-order valence-corrected chi connectivity index (χ4v) is 2.15. The van der Waals surface area contributed by atoms with Crippen LogP contribution in [0.3, 0.4) is 0 Å². The number of nitrogens with zero attached hydrogens (tertiary/aromatic N) is 1. The third-order valence-corrected chi connectivity index (χ3v) is 3.33. The maximum atomic E-state index is 11.1. The van der Waals surface area contributed by atoms with Crippen LogP contribution in [0, 0.1) is 0 Å². The van der Waals surface area contributed by atoms with Crippen molar-refractivity contribution in [3.8, 4) is 5.88 Å². The number of anilines is 1. The first-order chi connectivity index (χ1) is 10.6. The lowest BCUT2D eigenvalue weighted by Gasteiger charge is -2.15. The molecule has 0 fully saturated rings. The van der Waals surface area contributed by atoms with Gasteiger partial charge in [0.15, 0.2) is 0 Å². The smallest absolute Gasteiger partial charge is 0.221 e. The van der Waals surface area contributed by atoms with E-state index in [2.05, 4.69) is 22.5 Å². The molecule has 116 valence electrons. The molecule has 0 aliphatic rings. The first-order valence-corrected chi connectivity index (χ1v) is 7.18. The molecule has 0 saturated heterocycles. The van der Waals surface area contributed by atoms with Crippen LogP contribution in [-0.2, 0) is 11.3 Å². The molecule has 22 heavy (non-hydrogen) atoms. The molecule has 2 aromatic rings. The van der Waals surface area contributed by atoms with Crippen molar-refractivity contribution in [2.24, 2.45) is 0 Å². The summed E-state index contributed by atoms with van der Waals surface area (Å²) in [6, 6.07) is 11.9. The molecule has 0 bridgehead atoms. The Balaban J connectivity index is 1.99. The maximum absolute atomic E-state index is 11.1. The van der Waals surface area contributed by atoms with Crippen molar-refractivity contribution in [3.05, 3.63) is 53.7 Å². The molecule has 1 aromatic carbocycles. The minimum Gasteiger partial charge on any atom is -0.481 e. The number of methoxy groups -OCH3 is 1. The van der Waals surface area contributed by atoms with Gasteiger partial charge in [-0.05, 0) is 36.2 Å². The Hall–Kier alpha value is -2.40. The van der Waals surface area contributed by atoms with Gasteiger partial charge in [0.2, 0.25) is 11.8 Å². The zero-order valence-electron chi connectivity index (χ0n) is 13.1. The number of pyridine rings is 1. The minimum absolute atomic E-state index is 0.0679. The van der Waals surface area contributed by atoms with E-state index in [9.17, 15) is 4.79 Å². The van der Waals surface area contributed by atoms with Gasteiger partial charge in [-0.3, -0.25) is 4.79 Å². The van der Waals surface area contributed by atoms with Gasteiger partial charge in [-0.1, -0.05) is 12.1 Å². The highest BCUT2D eigenvalue weighted by Gasteiger charge is 2.07. The molecule has 2 N–H and O–H groups in total. The second kappa shape index (κ2) is 7.56. The zero-order valence-corrected chi connectivity index (χ0v) is 13.1. The van der Waals surface area contributed by atoms with E-state index in [0.29, 0.717) is 12.4 Å². The maximum Gasteiger partial charge on any atom is 0.221 e. The summed E-state index contributed by atoms with van der Waals surface area (Å²) in [5.74, 6) is 0.543. The van der Waals surface area contributed by atoms with Crippen molar-refractivity contribution in [3.63, 3.8) is 0 Å². The lowest BCUT2D eigenvalue weighted by molar-refractivity contribution is -0.114. The Morgan fingerprint density at radius 1 is 1.32 bits per heavy atom. The Kier molecular flexibility index (Phi) is 5.49. The Bertz CT molecular complexity index is 643. The third-order valence-electron chi connectivity index (χ3n) is 3.33. The summed E-state index contributed by atoms with van der Waals surface area (Å²) in [6.07, 6.45) is 1.73. The van der Waals surface area contributed by atoms with E-state index >= 15 is 0 Å². The number of amides is 1. The van der Waals surface area contributed by atoms with Crippen molar-refractivity contribution in [2.75, 3.05) is 12.4 Å². The van der Waals surface area contributed by atoms with Gasteiger partial charge in [0, 0.05) is 37.5 Å². The van der Waals surface area contributed by atoms with Crippen LogP contribution >= 0.6 is 0 Å². The summed E-state index contributed by atoms with van der Waals surface area (Å²) in [5.41, 5.74) is 3.04.